The highest BCUT2D eigenvalue weighted by Gasteiger charge is 2.07. The standard InChI is InChI=1S/C13H27Cl/c1-4-5-6-7-8-9-10-11-12(2)13(3)14/h12-13H,4-11H2,1-3H3. The number of halogens is 1. The summed E-state index contributed by atoms with van der Waals surface area (Å²) in [6.45, 7) is 6.63. The highest BCUT2D eigenvalue weighted by molar-refractivity contribution is 6.20. The third-order valence-corrected chi connectivity index (χ3v) is 3.48. The van der Waals surface area contributed by atoms with Gasteiger partial charge in [0.1, 0.15) is 0 Å². The summed E-state index contributed by atoms with van der Waals surface area (Å²) in [4.78, 5) is 0. The average Bonchev–Trinajstić information content (AvgIpc) is 2.16. The van der Waals surface area contributed by atoms with Gasteiger partial charge < -0.3 is 0 Å². The van der Waals surface area contributed by atoms with E-state index in [1.165, 1.54) is 51.4 Å². The Kier molecular flexibility index (Phi) is 10.0. The minimum atomic E-state index is 0.343. The zero-order chi connectivity index (χ0) is 10.8. The van der Waals surface area contributed by atoms with Crippen LogP contribution < -0.4 is 0 Å². The van der Waals surface area contributed by atoms with Crippen LogP contribution in [0, 0.1) is 5.92 Å². The van der Waals surface area contributed by atoms with Crippen molar-refractivity contribution in [3.8, 4) is 0 Å². The lowest BCUT2D eigenvalue weighted by atomic mass is 9.99. The maximum absolute atomic E-state index is 6.01. The van der Waals surface area contributed by atoms with E-state index in [9.17, 15) is 0 Å². The van der Waals surface area contributed by atoms with Crippen LogP contribution >= 0.6 is 11.6 Å². The first-order chi connectivity index (χ1) is 6.68. The fourth-order valence-electron chi connectivity index (χ4n) is 1.65. The van der Waals surface area contributed by atoms with E-state index in [-0.39, 0.29) is 0 Å². The number of alkyl halides is 1. The maximum Gasteiger partial charge on any atom is 0.0333 e. The van der Waals surface area contributed by atoms with Gasteiger partial charge in [-0.2, -0.15) is 0 Å². The van der Waals surface area contributed by atoms with Crippen molar-refractivity contribution in [3.05, 3.63) is 0 Å². The summed E-state index contributed by atoms with van der Waals surface area (Å²) in [7, 11) is 0. The summed E-state index contributed by atoms with van der Waals surface area (Å²) >= 11 is 6.01. The number of hydrogen-bond donors (Lipinski definition) is 0. The third-order valence-electron chi connectivity index (χ3n) is 3.05. The fraction of sp³-hybridized carbons (Fsp3) is 1.00. The van der Waals surface area contributed by atoms with Crippen LogP contribution in [0.5, 0.6) is 0 Å². The van der Waals surface area contributed by atoms with Gasteiger partial charge in [-0.15, -0.1) is 11.6 Å². The molecule has 0 aromatic heterocycles. The molecule has 0 aliphatic carbocycles. The van der Waals surface area contributed by atoms with Crippen molar-refractivity contribution in [2.45, 2.75) is 77.5 Å². The van der Waals surface area contributed by atoms with E-state index in [0.29, 0.717) is 11.3 Å². The molecule has 0 aliphatic rings. The second-order valence-electron chi connectivity index (χ2n) is 4.56. The molecule has 14 heavy (non-hydrogen) atoms. The summed E-state index contributed by atoms with van der Waals surface area (Å²) in [6, 6.07) is 0. The van der Waals surface area contributed by atoms with Crippen molar-refractivity contribution in [1.82, 2.24) is 0 Å². The zero-order valence-corrected chi connectivity index (χ0v) is 10.9. The van der Waals surface area contributed by atoms with E-state index in [2.05, 4.69) is 20.8 Å². The van der Waals surface area contributed by atoms with E-state index < -0.39 is 0 Å². The first kappa shape index (κ1) is 14.3. The molecular weight excluding hydrogens is 192 g/mol. The SMILES string of the molecule is CCCCCCCCCC(C)C(C)Cl. The lowest BCUT2D eigenvalue weighted by molar-refractivity contribution is 0.475. The van der Waals surface area contributed by atoms with Gasteiger partial charge in [0, 0.05) is 5.38 Å². The van der Waals surface area contributed by atoms with Crippen molar-refractivity contribution in [1.29, 1.82) is 0 Å². The van der Waals surface area contributed by atoms with E-state index in [4.69, 9.17) is 11.6 Å². The molecule has 0 radical (unpaired) electrons. The molecule has 0 saturated carbocycles. The van der Waals surface area contributed by atoms with Gasteiger partial charge in [0.2, 0.25) is 0 Å². The van der Waals surface area contributed by atoms with Crippen LogP contribution in [0.1, 0.15) is 72.1 Å². The quantitative estimate of drug-likeness (QED) is 0.360. The van der Waals surface area contributed by atoms with Crippen molar-refractivity contribution in [3.63, 3.8) is 0 Å². The number of unbranched alkanes of at least 4 members (excludes halogenated alkanes) is 6. The summed E-state index contributed by atoms with van der Waals surface area (Å²) in [5, 5.41) is 0.343. The Balaban J connectivity index is 3.06. The molecule has 0 heterocycles. The number of hydrogen-bond acceptors (Lipinski definition) is 0. The Morgan fingerprint density at radius 1 is 0.857 bits per heavy atom. The molecular formula is C13H27Cl. The topological polar surface area (TPSA) is 0 Å². The molecule has 2 atom stereocenters. The Morgan fingerprint density at radius 3 is 1.86 bits per heavy atom. The molecule has 0 aliphatic heterocycles. The first-order valence-electron chi connectivity index (χ1n) is 6.32. The van der Waals surface area contributed by atoms with Crippen LogP contribution in [-0.4, -0.2) is 5.38 Å². The lowest BCUT2D eigenvalue weighted by Gasteiger charge is -2.12. The average molecular weight is 219 g/mol. The van der Waals surface area contributed by atoms with Gasteiger partial charge in [0.15, 0.2) is 0 Å². The first-order valence-corrected chi connectivity index (χ1v) is 6.76. The van der Waals surface area contributed by atoms with Gasteiger partial charge in [0.05, 0.1) is 0 Å². The van der Waals surface area contributed by atoms with Gasteiger partial charge in [-0.25, -0.2) is 0 Å². The molecule has 0 nitrogen and oxygen atoms in total. The van der Waals surface area contributed by atoms with Crippen molar-refractivity contribution >= 4 is 11.6 Å². The molecule has 0 spiro atoms. The molecule has 0 aromatic rings. The van der Waals surface area contributed by atoms with E-state index in [1.807, 2.05) is 0 Å². The van der Waals surface area contributed by atoms with E-state index in [0.717, 1.165) is 0 Å². The highest BCUT2D eigenvalue weighted by atomic mass is 35.5. The maximum atomic E-state index is 6.01. The highest BCUT2D eigenvalue weighted by Crippen LogP contribution is 2.18. The molecule has 0 aromatic carbocycles. The molecule has 0 saturated heterocycles. The second kappa shape index (κ2) is 9.83. The molecule has 0 rings (SSSR count). The van der Waals surface area contributed by atoms with Crippen LogP contribution in [0.15, 0.2) is 0 Å². The Labute approximate surface area is 95.4 Å². The fourth-order valence-corrected chi connectivity index (χ4v) is 1.78. The molecule has 0 N–H and O–H groups in total. The van der Waals surface area contributed by atoms with Crippen LogP contribution in [0.2, 0.25) is 0 Å². The van der Waals surface area contributed by atoms with Gasteiger partial charge in [-0.05, 0) is 19.3 Å². The monoisotopic (exact) mass is 218 g/mol. The molecule has 0 fully saturated rings. The Bertz CT molecular complexity index is 110. The molecule has 0 amide bonds. The molecule has 86 valence electrons. The van der Waals surface area contributed by atoms with Gasteiger partial charge in [0.25, 0.3) is 0 Å². The summed E-state index contributed by atoms with van der Waals surface area (Å²) in [5.74, 6) is 0.687. The Morgan fingerprint density at radius 2 is 1.36 bits per heavy atom. The lowest BCUT2D eigenvalue weighted by Crippen LogP contribution is -2.06. The van der Waals surface area contributed by atoms with Crippen LogP contribution in [0.25, 0.3) is 0 Å². The van der Waals surface area contributed by atoms with Gasteiger partial charge >= 0.3 is 0 Å². The van der Waals surface area contributed by atoms with Crippen LogP contribution in [-0.2, 0) is 0 Å². The summed E-state index contributed by atoms with van der Waals surface area (Å²) in [5.41, 5.74) is 0. The summed E-state index contributed by atoms with van der Waals surface area (Å²) < 4.78 is 0. The van der Waals surface area contributed by atoms with Crippen molar-refractivity contribution in [2.24, 2.45) is 5.92 Å². The molecule has 2 unspecified atom stereocenters. The number of rotatable bonds is 9. The smallest absolute Gasteiger partial charge is 0.0333 e. The molecule has 1 heteroatoms. The predicted molar refractivity (Wildman–Crippen MR) is 67.1 cm³/mol. The van der Waals surface area contributed by atoms with Crippen molar-refractivity contribution < 1.29 is 0 Å². The van der Waals surface area contributed by atoms with Gasteiger partial charge in [-0.1, -0.05) is 58.8 Å². The predicted octanol–water partition coefficient (Wildman–Crippen LogP) is 5.39. The summed E-state index contributed by atoms with van der Waals surface area (Å²) in [6.07, 6.45) is 11.1. The second-order valence-corrected chi connectivity index (χ2v) is 5.25. The zero-order valence-electron chi connectivity index (χ0n) is 10.2. The largest absolute Gasteiger partial charge is 0.123 e. The normalized spacial score (nSPS) is 15.4. The van der Waals surface area contributed by atoms with Crippen molar-refractivity contribution in [2.75, 3.05) is 0 Å². The van der Waals surface area contributed by atoms with Crippen LogP contribution in [0.3, 0.4) is 0 Å². The molecule has 0 bridgehead atoms. The minimum Gasteiger partial charge on any atom is -0.123 e. The van der Waals surface area contributed by atoms with E-state index in [1.54, 1.807) is 0 Å². The minimum absolute atomic E-state index is 0.343. The van der Waals surface area contributed by atoms with Gasteiger partial charge in [-0.3, -0.25) is 0 Å². The van der Waals surface area contributed by atoms with Crippen LogP contribution in [0.4, 0.5) is 0 Å². The Hall–Kier alpha value is 0.290. The van der Waals surface area contributed by atoms with E-state index >= 15 is 0 Å². The third kappa shape index (κ3) is 8.87.